The lowest BCUT2D eigenvalue weighted by atomic mass is 9.95. The lowest BCUT2D eigenvalue weighted by Crippen LogP contribution is -2.30. The average molecular weight is 370 g/mol. The molecule has 2 heterocycles. The van der Waals surface area contributed by atoms with Crippen LogP contribution in [0, 0.1) is 6.92 Å². The highest BCUT2D eigenvalue weighted by molar-refractivity contribution is 6.51. The number of benzene rings is 2. The van der Waals surface area contributed by atoms with Crippen molar-refractivity contribution in [2.45, 2.75) is 13.0 Å². The lowest BCUT2D eigenvalue weighted by Gasteiger charge is -2.24. The topological polar surface area (TPSA) is 70.5 Å². The summed E-state index contributed by atoms with van der Waals surface area (Å²) in [5.74, 6) is -1.26. The maximum absolute atomic E-state index is 12.9. The fraction of sp³-hybridized carbons (Fsp3) is 0.0870. The number of anilines is 1. The number of carbonyl (C=O) groups excluding carboxylic acids is 2. The largest absolute Gasteiger partial charge is 0.507 e. The van der Waals surface area contributed by atoms with E-state index in [1.54, 1.807) is 36.5 Å². The van der Waals surface area contributed by atoms with E-state index >= 15 is 0 Å². The second-order valence-electron chi connectivity index (χ2n) is 6.63. The summed E-state index contributed by atoms with van der Waals surface area (Å²) in [4.78, 5) is 31.4. The first-order chi connectivity index (χ1) is 13.6. The van der Waals surface area contributed by atoms with Gasteiger partial charge in [0.2, 0.25) is 0 Å². The molecule has 1 saturated heterocycles. The molecule has 5 nitrogen and oxygen atoms in total. The van der Waals surface area contributed by atoms with E-state index in [-0.39, 0.29) is 11.3 Å². The summed E-state index contributed by atoms with van der Waals surface area (Å²) < 4.78 is 0. The molecule has 1 atom stereocenters. The first-order valence-electron chi connectivity index (χ1n) is 8.92. The molecule has 4 rings (SSSR count). The van der Waals surface area contributed by atoms with Crippen LogP contribution < -0.4 is 4.90 Å². The summed E-state index contributed by atoms with van der Waals surface area (Å²) in [6.07, 6.45) is 1.57. The van der Waals surface area contributed by atoms with Crippen LogP contribution in [0.15, 0.2) is 84.6 Å². The molecule has 5 heteroatoms. The zero-order chi connectivity index (χ0) is 19.7. The van der Waals surface area contributed by atoms with E-state index in [9.17, 15) is 14.7 Å². The molecule has 0 aliphatic carbocycles. The van der Waals surface area contributed by atoms with Gasteiger partial charge in [-0.05, 0) is 24.6 Å². The molecule has 3 aromatic rings. The third-order valence-corrected chi connectivity index (χ3v) is 4.78. The lowest BCUT2D eigenvalue weighted by molar-refractivity contribution is -0.132. The predicted octanol–water partition coefficient (Wildman–Crippen LogP) is 4.02. The minimum Gasteiger partial charge on any atom is -0.507 e. The molecule has 1 unspecified atom stereocenters. The number of amides is 1. The standard InChI is InChI=1S/C23H18N2O3/c1-15-10-12-17(13-11-15)21(26)19-20(16-7-3-2-4-8-16)25(23(28)22(19)27)18-9-5-6-14-24-18/h2-14,20,26H,1H3. The number of Topliss-reactive ketones (excluding diaryl/α,β-unsaturated/α-hetero) is 1. The first kappa shape index (κ1) is 17.7. The van der Waals surface area contributed by atoms with Crippen LogP contribution in [0.2, 0.25) is 0 Å². The summed E-state index contributed by atoms with van der Waals surface area (Å²) >= 11 is 0. The smallest absolute Gasteiger partial charge is 0.301 e. The fourth-order valence-electron chi connectivity index (χ4n) is 3.38. The Balaban J connectivity index is 1.94. The van der Waals surface area contributed by atoms with Crippen LogP contribution in [0.4, 0.5) is 5.82 Å². The van der Waals surface area contributed by atoms with Crippen LogP contribution in [0.5, 0.6) is 0 Å². The zero-order valence-electron chi connectivity index (χ0n) is 15.2. The number of pyridine rings is 1. The Hall–Kier alpha value is -3.73. The summed E-state index contributed by atoms with van der Waals surface area (Å²) in [5.41, 5.74) is 2.31. The number of nitrogens with zero attached hydrogens (tertiary/aromatic N) is 2. The molecule has 1 aliphatic heterocycles. The fourth-order valence-corrected chi connectivity index (χ4v) is 3.38. The van der Waals surface area contributed by atoms with Crippen molar-refractivity contribution in [2.75, 3.05) is 4.90 Å². The number of aromatic nitrogens is 1. The van der Waals surface area contributed by atoms with E-state index in [4.69, 9.17) is 0 Å². The van der Waals surface area contributed by atoms with Gasteiger partial charge in [-0.25, -0.2) is 4.98 Å². The van der Waals surface area contributed by atoms with Crippen LogP contribution >= 0.6 is 0 Å². The van der Waals surface area contributed by atoms with Crippen LogP contribution in [0.1, 0.15) is 22.7 Å². The summed E-state index contributed by atoms with van der Waals surface area (Å²) in [6, 6.07) is 20.8. The quantitative estimate of drug-likeness (QED) is 0.429. The molecule has 2 aromatic carbocycles. The number of ketones is 1. The van der Waals surface area contributed by atoms with Gasteiger partial charge in [-0.3, -0.25) is 14.5 Å². The molecule has 138 valence electrons. The summed E-state index contributed by atoms with van der Waals surface area (Å²) in [6.45, 7) is 1.94. The van der Waals surface area contributed by atoms with Gasteiger partial charge in [0.05, 0.1) is 11.6 Å². The molecule has 0 bridgehead atoms. The van der Waals surface area contributed by atoms with Gasteiger partial charge < -0.3 is 5.11 Å². The monoisotopic (exact) mass is 370 g/mol. The summed E-state index contributed by atoms with van der Waals surface area (Å²) in [5, 5.41) is 11.0. The van der Waals surface area contributed by atoms with E-state index in [0.717, 1.165) is 11.1 Å². The highest BCUT2D eigenvalue weighted by atomic mass is 16.3. The maximum Gasteiger partial charge on any atom is 0.301 e. The Bertz CT molecular complexity index is 1060. The molecule has 0 radical (unpaired) electrons. The van der Waals surface area contributed by atoms with Crippen LogP contribution in [0.25, 0.3) is 5.76 Å². The van der Waals surface area contributed by atoms with Gasteiger partial charge in [0.1, 0.15) is 11.6 Å². The molecule has 1 aliphatic rings. The van der Waals surface area contributed by atoms with E-state index in [1.807, 2.05) is 49.4 Å². The van der Waals surface area contributed by atoms with E-state index in [2.05, 4.69) is 4.98 Å². The second-order valence-corrected chi connectivity index (χ2v) is 6.63. The number of carbonyl (C=O) groups is 2. The van der Waals surface area contributed by atoms with Gasteiger partial charge in [0.25, 0.3) is 5.78 Å². The van der Waals surface area contributed by atoms with Gasteiger partial charge in [0.15, 0.2) is 0 Å². The van der Waals surface area contributed by atoms with E-state index < -0.39 is 17.7 Å². The van der Waals surface area contributed by atoms with Crippen molar-refractivity contribution in [1.29, 1.82) is 0 Å². The summed E-state index contributed by atoms with van der Waals surface area (Å²) in [7, 11) is 0. The highest BCUT2D eigenvalue weighted by Crippen LogP contribution is 2.41. The third kappa shape index (κ3) is 2.97. The Labute approximate surface area is 162 Å². The Morgan fingerprint density at radius 3 is 2.25 bits per heavy atom. The van der Waals surface area contributed by atoms with Crippen molar-refractivity contribution in [2.24, 2.45) is 0 Å². The highest BCUT2D eigenvalue weighted by Gasteiger charge is 2.47. The van der Waals surface area contributed by atoms with Crippen molar-refractivity contribution in [3.63, 3.8) is 0 Å². The molecular formula is C23H18N2O3. The normalized spacial score (nSPS) is 18.5. The Morgan fingerprint density at radius 2 is 1.61 bits per heavy atom. The van der Waals surface area contributed by atoms with Gasteiger partial charge >= 0.3 is 5.91 Å². The van der Waals surface area contributed by atoms with Crippen LogP contribution in [0.3, 0.4) is 0 Å². The molecule has 1 aromatic heterocycles. The Morgan fingerprint density at radius 1 is 0.929 bits per heavy atom. The first-order valence-corrected chi connectivity index (χ1v) is 8.92. The SMILES string of the molecule is Cc1ccc(C(O)=C2C(=O)C(=O)N(c3ccccn3)C2c2ccccc2)cc1. The van der Waals surface area contributed by atoms with Crippen molar-refractivity contribution < 1.29 is 14.7 Å². The molecule has 1 N–H and O–H groups in total. The molecular weight excluding hydrogens is 352 g/mol. The molecule has 0 saturated carbocycles. The number of hydrogen-bond donors (Lipinski definition) is 1. The molecule has 0 spiro atoms. The number of aliphatic hydroxyl groups excluding tert-OH is 1. The molecule has 1 fully saturated rings. The predicted molar refractivity (Wildman–Crippen MR) is 107 cm³/mol. The number of rotatable bonds is 3. The van der Waals surface area contributed by atoms with Gasteiger partial charge in [0, 0.05) is 11.8 Å². The molecule has 1 amide bonds. The van der Waals surface area contributed by atoms with E-state index in [0.29, 0.717) is 11.4 Å². The minimum absolute atomic E-state index is 0.0608. The van der Waals surface area contributed by atoms with Crippen molar-refractivity contribution in [3.8, 4) is 0 Å². The second kappa shape index (κ2) is 7.12. The zero-order valence-corrected chi connectivity index (χ0v) is 15.2. The van der Waals surface area contributed by atoms with Gasteiger partial charge in [-0.1, -0.05) is 66.2 Å². The third-order valence-electron chi connectivity index (χ3n) is 4.78. The van der Waals surface area contributed by atoms with Crippen molar-refractivity contribution in [3.05, 3.63) is 101 Å². The van der Waals surface area contributed by atoms with Crippen LogP contribution in [-0.4, -0.2) is 21.8 Å². The number of aliphatic hydroxyl groups is 1. The van der Waals surface area contributed by atoms with Crippen molar-refractivity contribution >= 4 is 23.3 Å². The van der Waals surface area contributed by atoms with Crippen molar-refractivity contribution in [1.82, 2.24) is 4.98 Å². The minimum atomic E-state index is -0.752. The number of hydrogen-bond acceptors (Lipinski definition) is 4. The van der Waals surface area contributed by atoms with Gasteiger partial charge in [-0.15, -0.1) is 0 Å². The average Bonchev–Trinajstić information content (AvgIpc) is 3.00. The molecule has 28 heavy (non-hydrogen) atoms. The van der Waals surface area contributed by atoms with E-state index in [1.165, 1.54) is 4.90 Å². The van der Waals surface area contributed by atoms with Gasteiger partial charge in [-0.2, -0.15) is 0 Å². The maximum atomic E-state index is 12.9. The van der Waals surface area contributed by atoms with Crippen LogP contribution in [-0.2, 0) is 9.59 Å². The number of aryl methyl sites for hydroxylation is 1. The Kier molecular flexibility index (Phi) is 4.49.